The first-order valence-electron chi connectivity index (χ1n) is 8.07. The number of aliphatic carboxylic acids is 1. The van der Waals surface area contributed by atoms with Gasteiger partial charge in [0.1, 0.15) is 18.4 Å². The molecule has 1 aliphatic rings. The van der Waals surface area contributed by atoms with Crippen LogP contribution < -0.4 is 10.1 Å². The van der Waals surface area contributed by atoms with Gasteiger partial charge in [-0.3, -0.25) is 20.2 Å². The summed E-state index contributed by atoms with van der Waals surface area (Å²) in [4.78, 5) is 21.2. The molecule has 26 heavy (non-hydrogen) atoms. The number of nitrogens with one attached hydrogen (secondary N) is 1. The van der Waals surface area contributed by atoms with Crippen molar-refractivity contribution in [3.63, 3.8) is 0 Å². The van der Waals surface area contributed by atoms with Gasteiger partial charge in [-0.1, -0.05) is 12.1 Å². The number of hydrogen-bond donors (Lipinski definition) is 2. The predicted octanol–water partition coefficient (Wildman–Crippen LogP) is 2.83. The summed E-state index contributed by atoms with van der Waals surface area (Å²) in [6.45, 7) is 0.331. The second-order valence-electron chi connectivity index (χ2n) is 5.94. The standard InChI is InChI=1S/C18H18N2O5S/c21-18(22)16-11-26-17(19-16)9-12-3-7-15(8-4-12)25-10-13-1-5-14(6-2-13)20(23)24/h1-8,16-17,19H,9-11H2,(H,21,22). The molecule has 0 bridgehead atoms. The van der Waals surface area contributed by atoms with E-state index in [1.165, 1.54) is 12.1 Å². The van der Waals surface area contributed by atoms with Crippen LogP contribution in [0.3, 0.4) is 0 Å². The van der Waals surface area contributed by atoms with Gasteiger partial charge in [0.25, 0.3) is 5.69 Å². The maximum atomic E-state index is 11.0. The Hall–Kier alpha value is -2.58. The lowest BCUT2D eigenvalue weighted by Crippen LogP contribution is -2.37. The summed E-state index contributed by atoms with van der Waals surface area (Å²) < 4.78 is 5.70. The molecule has 0 spiro atoms. The van der Waals surface area contributed by atoms with Crippen molar-refractivity contribution in [1.29, 1.82) is 0 Å². The first kappa shape index (κ1) is 18.2. The summed E-state index contributed by atoms with van der Waals surface area (Å²) in [6, 6.07) is 13.4. The normalized spacial score (nSPS) is 19.2. The average Bonchev–Trinajstić information content (AvgIpc) is 3.10. The molecule has 136 valence electrons. The van der Waals surface area contributed by atoms with Gasteiger partial charge in [-0.25, -0.2) is 0 Å². The summed E-state index contributed by atoms with van der Waals surface area (Å²) in [7, 11) is 0. The summed E-state index contributed by atoms with van der Waals surface area (Å²) in [5.41, 5.74) is 2.01. The van der Waals surface area contributed by atoms with E-state index in [9.17, 15) is 14.9 Å². The molecular weight excluding hydrogens is 356 g/mol. The lowest BCUT2D eigenvalue weighted by atomic mass is 10.1. The largest absolute Gasteiger partial charge is 0.489 e. The van der Waals surface area contributed by atoms with Crippen molar-refractivity contribution in [2.75, 3.05) is 5.75 Å². The molecule has 3 rings (SSSR count). The van der Waals surface area contributed by atoms with Gasteiger partial charge >= 0.3 is 5.97 Å². The minimum atomic E-state index is -0.810. The van der Waals surface area contributed by atoms with Gasteiger partial charge in [0.15, 0.2) is 0 Å². The second-order valence-corrected chi connectivity index (χ2v) is 7.18. The Balaban J connectivity index is 1.50. The Kier molecular flexibility index (Phi) is 5.75. The van der Waals surface area contributed by atoms with Gasteiger partial charge in [-0.05, 0) is 41.8 Å². The van der Waals surface area contributed by atoms with E-state index in [4.69, 9.17) is 9.84 Å². The van der Waals surface area contributed by atoms with Crippen molar-refractivity contribution in [2.45, 2.75) is 24.4 Å². The lowest BCUT2D eigenvalue weighted by molar-refractivity contribution is -0.384. The van der Waals surface area contributed by atoms with E-state index in [1.54, 1.807) is 23.9 Å². The first-order valence-corrected chi connectivity index (χ1v) is 9.11. The fourth-order valence-corrected chi connectivity index (χ4v) is 3.84. The van der Waals surface area contributed by atoms with E-state index >= 15 is 0 Å². The summed E-state index contributed by atoms with van der Waals surface area (Å²) in [6.07, 6.45) is 0.747. The van der Waals surface area contributed by atoms with E-state index in [0.29, 0.717) is 18.1 Å². The zero-order chi connectivity index (χ0) is 18.5. The molecule has 0 amide bonds. The molecular formula is C18H18N2O5S. The van der Waals surface area contributed by atoms with E-state index < -0.39 is 16.9 Å². The highest BCUT2D eigenvalue weighted by Crippen LogP contribution is 2.24. The molecule has 8 heteroatoms. The Bertz CT molecular complexity index is 779. The highest BCUT2D eigenvalue weighted by atomic mass is 32.2. The highest BCUT2D eigenvalue weighted by Gasteiger charge is 2.29. The number of nitro benzene ring substituents is 1. The zero-order valence-electron chi connectivity index (χ0n) is 13.8. The number of rotatable bonds is 7. The van der Waals surface area contributed by atoms with E-state index in [2.05, 4.69) is 5.32 Å². The number of nitrogens with zero attached hydrogens (tertiary/aromatic N) is 1. The molecule has 0 aromatic heterocycles. The van der Waals surface area contributed by atoms with Crippen LogP contribution in [-0.4, -0.2) is 33.2 Å². The van der Waals surface area contributed by atoms with Crippen LogP contribution in [-0.2, 0) is 17.8 Å². The monoisotopic (exact) mass is 374 g/mol. The van der Waals surface area contributed by atoms with Crippen LogP contribution in [0.5, 0.6) is 5.75 Å². The average molecular weight is 374 g/mol. The third-order valence-corrected chi connectivity index (χ3v) is 5.28. The lowest BCUT2D eigenvalue weighted by Gasteiger charge is -2.12. The SMILES string of the molecule is O=C(O)C1CSC(Cc2ccc(OCc3ccc([N+](=O)[O-])cc3)cc2)N1. The fourth-order valence-electron chi connectivity index (χ4n) is 2.61. The molecule has 0 aliphatic carbocycles. The molecule has 2 atom stereocenters. The van der Waals surface area contributed by atoms with Crippen molar-refractivity contribution in [2.24, 2.45) is 0 Å². The Morgan fingerprint density at radius 2 is 1.85 bits per heavy atom. The van der Waals surface area contributed by atoms with Crippen LogP contribution in [0.4, 0.5) is 5.69 Å². The topological polar surface area (TPSA) is 102 Å². The van der Waals surface area contributed by atoms with Gasteiger partial charge < -0.3 is 9.84 Å². The van der Waals surface area contributed by atoms with Crippen LogP contribution in [0.25, 0.3) is 0 Å². The molecule has 1 saturated heterocycles. The predicted molar refractivity (Wildman–Crippen MR) is 98.4 cm³/mol. The minimum Gasteiger partial charge on any atom is -0.489 e. The molecule has 2 N–H and O–H groups in total. The molecule has 2 aromatic rings. The molecule has 2 unspecified atom stereocenters. The van der Waals surface area contributed by atoms with Crippen LogP contribution in [0.2, 0.25) is 0 Å². The molecule has 1 heterocycles. The number of benzene rings is 2. The van der Waals surface area contributed by atoms with Crippen molar-refractivity contribution in [1.82, 2.24) is 5.32 Å². The summed E-state index contributed by atoms with van der Waals surface area (Å²) in [5, 5.41) is 22.8. The quantitative estimate of drug-likeness (QED) is 0.567. The summed E-state index contributed by atoms with van der Waals surface area (Å²) in [5.74, 6) is 0.480. The maximum absolute atomic E-state index is 11.0. The maximum Gasteiger partial charge on any atom is 0.321 e. The number of ether oxygens (including phenoxy) is 1. The zero-order valence-corrected chi connectivity index (χ0v) is 14.6. The molecule has 1 fully saturated rings. The van der Waals surface area contributed by atoms with Crippen molar-refractivity contribution in [3.05, 3.63) is 69.8 Å². The smallest absolute Gasteiger partial charge is 0.321 e. The number of thioether (sulfide) groups is 1. The molecule has 1 aliphatic heterocycles. The van der Waals surface area contributed by atoms with Crippen molar-refractivity contribution >= 4 is 23.4 Å². The van der Waals surface area contributed by atoms with Crippen LogP contribution in [0, 0.1) is 10.1 Å². The van der Waals surface area contributed by atoms with Crippen LogP contribution in [0.1, 0.15) is 11.1 Å². The third-order valence-electron chi connectivity index (χ3n) is 4.05. The Morgan fingerprint density at radius 3 is 2.42 bits per heavy atom. The van der Waals surface area contributed by atoms with Gasteiger partial charge in [-0.15, -0.1) is 11.8 Å². The third kappa shape index (κ3) is 4.74. The van der Waals surface area contributed by atoms with Gasteiger partial charge in [0, 0.05) is 17.9 Å². The van der Waals surface area contributed by atoms with Crippen molar-refractivity contribution < 1.29 is 19.6 Å². The van der Waals surface area contributed by atoms with Gasteiger partial charge in [-0.2, -0.15) is 0 Å². The number of nitro groups is 1. The highest BCUT2D eigenvalue weighted by molar-refractivity contribution is 8.00. The minimum absolute atomic E-state index is 0.0571. The van der Waals surface area contributed by atoms with Gasteiger partial charge in [0.05, 0.1) is 10.3 Å². The fraction of sp³-hybridized carbons (Fsp3) is 0.278. The number of carboxylic acid groups (broad SMARTS) is 1. The number of hydrogen-bond acceptors (Lipinski definition) is 6. The molecule has 2 aromatic carbocycles. The molecule has 7 nitrogen and oxygen atoms in total. The van der Waals surface area contributed by atoms with Crippen LogP contribution in [0.15, 0.2) is 48.5 Å². The first-order chi connectivity index (χ1) is 12.5. The van der Waals surface area contributed by atoms with E-state index in [1.807, 2.05) is 24.3 Å². The molecule has 0 saturated carbocycles. The van der Waals surface area contributed by atoms with E-state index in [-0.39, 0.29) is 11.1 Å². The number of carboxylic acids is 1. The van der Waals surface area contributed by atoms with Crippen molar-refractivity contribution in [3.8, 4) is 5.75 Å². The molecule has 0 radical (unpaired) electrons. The van der Waals surface area contributed by atoms with E-state index in [0.717, 1.165) is 17.5 Å². The second kappa shape index (κ2) is 8.20. The number of non-ortho nitro benzene ring substituents is 1. The number of carbonyl (C=O) groups is 1. The summed E-state index contributed by atoms with van der Waals surface area (Å²) >= 11 is 1.62. The van der Waals surface area contributed by atoms with Crippen LogP contribution >= 0.6 is 11.8 Å². The Labute approximate surface area is 154 Å². The Morgan fingerprint density at radius 1 is 1.19 bits per heavy atom. The van der Waals surface area contributed by atoms with Gasteiger partial charge in [0.2, 0.25) is 0 Å².